The lowest BCUT2D eigenvalue weighted by Gasteiger charge is -2.34. The number of rotatable bonds is 10. The number of hydrogen-bond acceptors (Lipinski definition) is 5. The maximum Gasteiger partial charge on any atom is 0.408 e. The lowest BCUT2D eigenvalue weighted by atomic mass is 9.84. The number of hydrogen-bond donors (Lipinski definition) is 3. The first-order chi connectivity index (χ1) is 18.2. The Morgan fingerprint density at radius 2 is 1.85 bits per heavy atom. The number of nitrogens with two attached hydrogens (primary N) is 1. The molecule has 0 bridgehead atoms. The number of amidine groups is 1. The summed E-state index contributed by atoms with van der Waals surface area (Å²) < 4.78 is 25.6. The van der Waals surface area contributed by atoms with Gasteiger partial charge in [-0.1, -0.05) is 26.8 Å². The number of halogens is 1. The molecule has 1 saturated heterocycles. The van der Waals surface area contributed by atoms with Crippen LogP contribution in [0.25, 0.3) is 0 Å². The molecule has 0 saturated carbocycles. The Kier molecular flexibility index (Phi) is 11.5. The second-order valence-electron chi connectivity index (χ2n) is 11.4. The fourth-order valence-electron chi connectivity index (χ4n) is 4.22. The molecule has 11 heteroatoms. The van der Waals surface area contributed by atoms with E-state index in [-0.39, 0.29) is 23.9 Å². The number of urea groups is 1. The minimum absolute atomic E-state index is 0.0269. The number of aliphatic imine (C=N–C) groups is 1. The number of benzene rings is 1. The van der Waals surface area contributed by atoms with E-state index in [0.717, 1.165) is 19.3 Å². The van der Waals surface area contributed by atoms with Crippen molar-refractivity contribution in [1.82, 2.24) is 10.2 Å². The van der Waals surface area contributed by atoms with Crippen LogP contribution in [0.4, 0.5) is 14.0 Å². The second-order valence-corrected chi connectivity index (χ2v) is 11.4. The first-order valence-electron chi connectivity index (χ1n) is 13.4. The van der Waals surface area contributed by atoms with E-state index >= 15 is 0 Å². The van der Waals surface area contributed by atoms with Crippen LogP contribution in [0.3, 0.4) is 0 Å². The highest BCUT2D eigenvalue weighted by Crippen LogP contribution is 2.28. The van der Waals surface area contributed by atoms with Crippen molar-refractivity contribution in [3.8, 4) is 5.75 Å². The number of aliphatic carboxylic acids is 1. The molecule has 2 rings (SSSR count). The first-order valence-corrected chi connectivity index (χ1v) is 13.4. The van der Waals surface area contributed by atoms with E-state index in [4.69, 9.17) is 15.2 Å². The quantitative estimate of drug-likeness (QED) is 0.285. The van der Waals surface area contributed by atoms with Gasteiger partial charge in [0.15, 0.2) is 0 Å². The minimum Gasteiger partial charge on any atom is -0.493 e. The van der Waals surface area contributed by atoms with Crippen molar-refractivity contribution in [3.63, 3.8) is 0 Å². The number of carboxylic acids is 1. The maximum atomic E-state index is 14.7. The smallest absolute Gasteiger partial charge is 0.408 e. The van der Waals surface area contributed by atoms with Gasteiger partial charge in [0, 0.05) is 31.5 Å². The lowest BCUT2D eigenvalue weighted by Crippen LogP contribution is -2.44. The molecule has 1 heterocycles. The van der Waals surface area contributed by atoms with Crippen molar-refractivity contribution in [3.05, 3.63) is 29.6 Å². The molecule has 1 unspecified atom stereocenters. The summed E-state index contributed by atoms with van der Waals surface area (Å²) in [5, 5.41) is 11.7. The standard InChI is InChI=1S/C28H43FN4O6/c1-17(2)24(30)32-26(36)33-12-9-19(10-13-33)18(3)11-14-38-21-8-7-20(22(29)16-21)15-23(25(34)35)31-27(37)39-28(4,5)6/h7-8,16-19,23H,9-15H2,1-6H3,(H,31,37)(H,34,35)(H2,30,32,36)/t18-,23?/m1/s1. The Morgan fingerprint density at radius 1 is 1.21 bits per heavy atom. The molecule has 4 N–H and O–H groups in total. The number of amides is 3. The average Bonchev–Trinajstić information content (AvgIpc) is 2.83. The summed E-state index contributed by atoms with van der Waals surface area (Å²) in [5.74, 6) is -0.404. The van der Waals surface area contributed by atoms with Crippen LogP contribution in [0.15, 0.2) is 23.2 Å². The molecule has 0 spiro atoms. The Balaban J connectivity index is 1.82. The van der Waals surface area contributed by atoms with Gasteiger partial charge in [0.2, 0.25) is 0 Å². The third-order valence-corrected chi connectivity index (χ3v) is 6.71. The zero-order valence-electron chi connectivity index (χ0n) is 23.8. The van der Waals surface area contributed by atoms with Gasteiger partial charge in [-0.15, -0.1) is 0 Å². The summed E-state index contributed by atoms with van der Waals surface area (Å²) >= 11 is 0. The Morgan fingerprint density at radius 3 is 2.38 bits per heavy atom. The summed E-state index contributed by atoms with van der Waals surface area (Å²) in [7, 11) is 0. The number of alkyl carbamates (subject to hydrolysis) is 1. The summed E-state index contributed by atoms with van der Waals surface area (Å²) in [5.41, 5.74) is 5.16. The van der Waals surface area contributed by atoms with Gasteiger partial charge in [-0.25, -0.2) is 18.8 Å². The molecule has 0 aliphatic carbocycles. The first kappa shape index (κ1) is 31.8. The van der Waals surface area contributed by atoms with Gasteiger partial charge in [0.1, 0.15) is 29.0 Å². The van der Waals surface area contributed by atoms with Crippen LogP contribution in [0.5, 0.6) is 5.75 Å². The lowest BCUT2D eigenvalue weighted by molar-refractivity contribution is -0.139. The van der Waals surface area contributed by atoms with E-state index in [9.17, 15) is 23.9 Å². The van der Waals surface area contributed by atoms with E-state index in [0.29, 0.717) is 43.1 Å². The molecule has 218 valence electrons. The summed E-state index contributed by atoms with van der Waals surface area (Å²) in [6.45, 7) is 12.6. The van der Waals surface area contributed by atoms with Crippen molar-refractivity contribution in [2.45, 2.75) is 78.9 Å². The molecule has 1 fully saturated rings. The van der Waals surface area contributed by atoms with Crippen LogP contribution in [0, 0.1) is 23.6 Å². The Labute approximate surface area is 230 Å². The molecule has 3 amide bonds. The van der Waals surface area contributed by atoms with Gasteiger partial charge in [-0.3, -0.25) is 0 Å². The highest BCUT2D eigenvalue weighted by Gasteiger charge is 2.27. The molecule has 1 aliphatic heterocycles. The number of carboxylic acid groups (broad SMARTS) is 1. The van der Waals surface area contributed by atoms with Crippen molar-refractivity contribution >= 4 is 23.9 Å². The Bertz CT molecular complexity index is 1030. The van der Waals surface area contributed by atoms with E-state index in [1.54, 1.807) is 31.7 Å². The van der Waals surface area contributed by atoms with Crippen LogP contribution in [0.2, 0.25) is 0 Å². The predicted molar refractivity (Wildman–Crippen MR) is 146 cm³/mol. The number of carbonyl (C=O) groups is 3. The second kappa shape index (κ2) is 14.1. The van der Waals surface area contributed by atoms with Crippen LogP contribution in [-0.2, 0) is 16.0 Å². The zero-order chi connectivity index (χ0) is 29.3. The molecular formula is C28H43FN4O6. The fourth-order valence-corrected chi connectivity index (χ4v) is 4.22. The topological polar surface area (TPSA) is 144 Å². The van der Waals surface area contributed by atoms with Gasteiger partial charge < -0.3 is 30.5 Å². The van der Waals surface area contributed by atoms with Gasteiger partial charge in [0.05, 0.1) is 6.61 Å². The SMILES string of the molecule is CC(C)C(N)=NC(=O)N1CCC([C@H](C)CCOc2ccc(CC(NC(=O)OC(C)(C)C)C(=O)O)c(F)c2)CC1. The molecule has 10 nitrogen and oxygen atoms in total. The van der Waals surface area contributed by atoms with E-state index in [2.05, 4.69) is 17.2 Å². The fraction of sp³-hybridized carbons (Fsp3) is 0.643. The molecular weight excluding hydrogens is 507 g/mol. The van der Waals surface area contributed by atoms with Gasteiger partial charge >= 0.3 is 18.1 Å². The van der Waals surface area contributed by atoms with E-state index in [1.807, 2.05) is 13.8 Å². The minimum atomic E-state index is -1.34. The highest BCUT2D eigenvalue weighted by molar-refractivity contribution is 5.93. The zero-order valence-corrected chi connectivity index (χ0v) is 23.8. The number of ether oxygens (including phenoxy) is 2. The monoisotopic (exact) mass is 550 g/mol. The average molecular weight is 551 g/mol. The Hall–Kier alpha value is -3.37. The summed E-state index contributed by atoms with van der Waals surface area (Å²) in [4.78, 5) is 41.6. The molecule has 1 aliphatic rings. The number of nitrogens with zero attached hydrogens (tertiary/aromatic N) is 2. The normalized spacial score (nSPS) is 16.5. The van der Waals surface area contributed by atoms with Gasteiger partial charge in [-0.2, -0.15) is 4.99 Å². The molecule has 2 atom stereocenters. The molecule has 1 aromatic rings. The van der Waals surface area contributed by atoms with Gasteiger partial charge in [-0.05, 0) is 63.5 Å². The molecule has 0 radical (unpaired) electrons. The van der Waals surface area contributed by atoms with Crippen LogP contribution < -0.4 is 15.8 Å². The number of likely N-dealkylation sites (tertiary alicyclic amines) is 1. The third kappa shape index (κ3) is 10.7. The van der Waals surface area contributed by atoms with Crippen molar-refractivity contribution in [2.75, 3.05) is 19.7 Å². The van der Waals surface area contributed by atoms with E-state index < -0.39 is 29.5 Å². The largest absolute Gasteiger partial charge is 0.493 e. The van der Waals surface area contributed by atoms with Crippen LogP contribution >= 0.6 is 0 Å². The third-order valence-electron chi connectivity index (χ3n) is 6.71. The molecule has 39 heavy (non-hydrogen) atoms. The van der Waals surface area contributed by atoms with E-state index in [1.165, 1.54) is 12.1 Å². The maximum absolute atomic E-state index is 14.7. The number of nitrogens with one attached hydrogen (secondary N) is 1. The van der Waals surface area contributed by atoms with Crippen molar-refractivity contribution in [2.24, 2.45) is 28.5 Å². The van der Waals surface area contributed by atoms with Crippen molar-refractivity contribution in [1.29, 1.82) is 0 Å². The van der Waals surface area contributed by atoms with Gasteiger partial charge in [0.25, 0.3) is 0 Å². The van der Waals surface area contributed by atoms with Crippen molar-refractivity contribution < 1.29 is 33.4 Å². The number of carbonyl (C=O) groups excluding carboxylic acids is 2. The molecule has 1 aromatic carbocycles. The number of piperidine rings is 1. The summed E-state index contributed by atoms with van der Waals surface area (Å²) in [6.07, 6.45) is 1.38. The summed E-state index contributed by atoms with van der Waals surface area (Å²) in [6, 6.07) is 2.64. The predicted octanol–water partition coefficient (Wildman–Crippen LogP) is 4.60. The molecule has 0 aromatic heterocycles. The van der Waals surface area contributed by atoms with Crippen LogP contribution in [0.1, 0.15) is 66.4 Å². The highest BCUT2D eigenvalue weighted by atomic mass is 19.1. The van der Waals surface area contributed by atoms with Crippen LogP contribution in [-0.4, -0.2) is 65.3 Å².